The third-order valence-corrected chi connectivity index (χ3v) is 3.68. The van der Waals surface area contributed by atoms with Crippen LogP contribution in [0.4, 0.5) is 0 Å². The maximum Gasteiger partial charge on any atom is 0.369 e. The van der Waals surface area contributed by atoms with Gasteiger partial charge in [-0.2, -0.15) is 0 Å². The molecule has 6 nitrogen and oxygen atoms in total. The molecule has 0 aliphatic rings. The molecule has 106 valence electrons. The number of ether oxygens (including phenoxy) is 1. The van der Waals surface area contributed by atoms with Gasteiger partial charge < -0.3 is 10.1 Å². The van der Waals surface area contributed by atoms with Gasteiger partial charge in [-0.15, -0.1) is 10.2 Å². The third kappa shape index (κ3) is 4.62. The molecular weight excluding hydrogens is 344 g/mol. The Kier molecular flexibility index (Phi) is 5.57. The van der Waals surface area contributed by atoms with Gasteiger partial charge in [-0.05, 0) is 35.0 Å². The van der Waals surface area contributed by atoms with E-state index in [2.05, 4.69) is 36.4 Å². The fraction of sp³-hybridized carbons (Fsp3) is 0.333. The van der Waals surface area contributed by atoms with Crippen LogP contribution in [-0.2, 0) is 11.3 Å². The largest absolute Gasteiger partial charge is 0.459 e. The molecule has 20 heavy (non-hydrogen) atoms. The quantitative estimate of drug-likeness (QED) is 0.629. The summed E-state index contributed by atoms with van der Waals surface area (Å²) in [5.41, 5.74) is 1.95. The molecule has 0 aromatic carbocycles. The van der Waals surface area contributed by atoms with Crippen LogP contribution in [0.1, 0.15) is 21.2 Å². The van der Waals surface area contributed by atoms with Crippen molar-refractivity contribution in [2.45, 2.75) is 13.5 Å². The van der Waals surface area contributed by atoms with Crippen molar-refractivity contribution >= 4 is 33.2 Å². The monoisotopic (exact) mass is 356 g/mol. The van der Waals surface area contributed by atoms with Crippen molar-refractivity contribution in [2.24, 2.45) is 0 Å². The van der Waals surface area contributed by atoms with Crippen molar-refractivity contribution in [2.75, 3.05) is 13.2 Å². The molecule has 0 atom stereocenters. The summed E-state index contributed by atoms with van der Waals surface area (Å²) in [6, 6.07) is 5.86. The van der Waals surface area contributed by atoms with Crippen LogP contribution in [0, 0.1) is 6.92 Å². The van der Waals surface area contributed by atoms with E-state index in [1.54, 1.807) is 0 Å². The molecular formula is C12H13BrN4O2S. The standard InChI is InChI=1S/C12H13BrN4O2S/c1-8-3-2-4-9(15-8)7-14-5-6-19-11(18)10-16-17-12(13)20-10/h2-4,14H,5-7H2,1H3. The Balaban J connectivity index is 1.65. The normalized spacial score (nSPS) is 10.5. The summed E-state index contributed by atoms with van der Waals surface area (Å²) in [6.07, 6.45) is 0. The number of hydrogen-bond donors (Lipinski definition) is 1. The Labute approximate surface area is 128 Å². The van der Waals surface area contributed by atoms with E-state index < -0.39 is 5.97 Å². The van der Waals surface area contributed by atoms with Crippen molar-refractivity contribution in [1.29, 1.82) is 0 Å². The zero-order valence-electron chi connectivity index (χ0n) is 10.8. The third-order valence-electron chi connectivity index (χ3n) is 2.34. The van der Waals surface area contributed by atoms with Crippen molar-refractivity contribution in [1.82, 2.24) is 20.5 Å². The first kappa shape index (κ1) is 15.0. The number of pyridine rings is 1. The minimum absolute atomic E-state index is 0.247. The number of nitrogens with zero attached hydrogens (tertiary/aromatic N) is 3. The Hall–Kier alpha value is -1.38. The van der Waals surface area contributed by atoms with Gasteiger partial charge in [0.2, 0.25) is 5.01 Å². The number of esters is 1. The first-order valence-electron chi connectivity index (χ1n) is 5.94. The molecule has 0 aliphatic heterocycles. The van der Waals surface area contributed by atoms with Gasteiger partial charge in [-0.25, -0.2) is 4.79 Å². The molecule has 0 saturated carbocycles. The number of hydrogen-bond acceptors (Lipinski definition) is 7. The second kappa shape index (κ2) is 7.41. The second-order valence-electron chi connectivity index (χ2n) is 3.94. The lowest BCUT2D eigenvalue weighted by molar-refractivity contribution is 0.0507. The maximum atomic E-state index is 11.6. The molecule has 0 bridgehead atoms. The van der Waals surface area contributed by atoms with Gasteiger partial charge in [-0.3, -0.25) is 4.98 Å². The van der Waals surface area contributed by atoms with Gasteiger partial charge in [0.05, 0.1) is 5.69 Å². The minimum atomic E-state index is -0.455. The summed E-state index contributed by atoms with van der Waals surface area (Å²) in [4.78, 5) is 15.9. The van der Waals surface area contributed by atoms with Crippen molar-refractivity contribution in [3.8, 4) is 0 Å². The summed E-state index contributed by atoms with van der Waals surface area (Å²) in [5.74, 6) is -0.455. The lowest BCUT2D eigenvalue weighted by Gasteiger charge is -2.05. The molecule has 0 aliphatic carbocycles. The highest BCUT2D eigenvalue weighted by atomic mass is 79.9. The number of rotatable bonds is 6. The number of aryl methyl sites for hydroxylation is 1. The van der Waals surface area contributed by atoms with E-state index in [1.165, 1.54) is 0 Å². The molecule has 2 aromatic heterocycles. The number of halogens is 1. The fourth-order valence-electron chi connectivity index (χ4n) is 1.48. The van der Waals surface area contributed by atoms with Gasteiger partial charge in [-0.1, -0.05) is 17.4 Å². The van der Waals surface area contributed by atoms with Gasteiger partial charge in [0.15, 0.2) is 3.92 Å². The summed E-state index contributed by atoms with van der Waals surface area (Å²) in [6.45, 7) is 3.43. The van der Waals surface area contributed by atoms with Crippen molar-refractivity contribution < 1.29 is 9.53 Å². The molecule has 0 spiro atoms. The topological polar surface area (TPSA) is 77.0 Å². The van der Waals surface area contributed by atoms with Crippen LogP contribution in [0.3, 0.4) is 0 Å². The number of carbonyl (C=O) groups excluding carboxylic acids is 1. The van der Waals surface area contributed by atoms with Gasteiger partial charge in [0, 0.05) is 18.8 Å². The van der Waals surface area contributed by atoms with E-state index in [0.29, 0.717) is 17.0 Å². The van der Waals surface area contributed by atoms with Gasteiger partial charge >= 0.3 is 5.97 Å². The summed E-state index contributed by atoms with van der Waals surface area (Å²) in [7, 11) is 0. The summed E-state index contributed by atoms with van der Waals surface area (Å²) < 4.78 is 5.63. The van der Waals surface area contributed by atoms with Crippen molar-refractivity contribution in [3.05, 3.63) is 38.5 Å². The molecule has 0 unspecified atom stereocenters. The van der Waals surface area contributed by atoms with Crippen LogP contribution in [0.15, 0.2) is 22.1 Å². The van der Waals surface area contributed by atoms with E-state index in [9.17, 15) is 4.79 Å². The zero-order valence-corrected chi connectivity index (χ0v) is 13.2. The van der Waals surface area contributed by atoms with Gasteiger partial charge in [0.25, 0.3) is 0 Å². The van der Waals surface area contributed by atoms with Crippen LogP contribution in [-0.4, -0.2) is 34.3 Å². The maximum absolute atomic E-state index is 11.6. The van der Waals surface area contributed by atoms with E-state index >= 15 is 0 Å². The van der Waals surface area contributed by atoms with E-state index in [0.717, 1.165) is 22.7 Å². The molecule has 0 amide bonds. The molecule has 1 N–H and O–H groups in total. The molecule has 2 heterocycles. The van der Waals surface area contributed by atoms with E-state index in [4.69, 9.17) is 4.74 Å². The second-order valence-corrected chi connectivity index (χ2v) is 6.20. The molecule has 8 heteroatoms. The van der Waals surface area contributed by atoms with Crippen LogP contribution in [0.25, 0.3) is 0 Å². The molecule has 0 radical (unpaired) electrons. The Morgan fingerprint density at radius 2 is 2.30 bits per heavy atom. The lowest BCUT2D eigenvalue weighted by Crippen LogP contribution is -2.21. The average molecular weight is 357 g/mol. The highest BCUT2D eigenvalue weighted by Gasteiger charge is 2.12. The van der Waals surface area contributed by atoms with Crippen molar-refractivity contribution in [3.63, 3.8) is 0 Å². The predicted molar refractivity (Wildman–Crippen MR) is 78.6 cm³/mol. The molecule has 0 saturated heterocycles. The summed E-state index contributed by atoms with van der Waals surface area (Å²) in [5, 5.41) is 10.8. The minimum Gasteiger partial charge on any atom is -0.459 e. The lowest BCUT2D eigenvalue weighted by atomic mass is 10.3. The van der Waals surface area contributed by atoms with E-state index in [-0.39, 0.29) is 11.6 Å². The molecule has 2 rings (SSSR count). The number of nitrogens with one attached hydrogen (secondary N) is 1. The van der Waals surface area contributed by atoms with Crippen LogP contribution in [0.2, 0.25) is 0 Å². The number of carbonyl (C=O) groups is 1. The van der Waals surface area contributed by atoms with Crippen LogP contribution in [0.5, 0.6) is 0 Å². The smallest absolute Gasteiger partial charge is 0.369 e. The van der Waals surface area contributed by atoms with E-state index in [1.807, 2.05) is 25.1 Å². The highest BCUT2D eigenvalue weighted by molar-refractivity contribution is 9.11. The molecule has 2 aromatic rings. The number of aromatic nitrogens is 3. The van der Waals surface area contributed by atoms with Crippen LogP contribution < -0.4 is 5.32 Å². The van der Waals surface area contributed by atoms with Gasteiger partial charge in [0.1, 0.15) is 6.61 Å². The first-order chi connectivity index (χ1) is 9.65. The Morgan fingerprint density at radius 3 is 3.00 bits per heavy atom. The first-order valence-corrected chi connectivity index (χ1v) is 7.55. The average Bonchev–Trinajstić information content (AvgIpc) is 2.85. The summed E-state index contributed by atoms with van der Waals surface area (Å²) >= 11 is 4.29. The fourth-order valence-corrected chi connectivity index (χ4v) is 2.48. The zero-order chi connectivity index (χ0) is 14.4. The predicted octanol–water partition coefficient (Wildman–Crippen LogP) is 1.95. The Morgan fingerprint density at radius 1 is 1.45 bits per heavy atom. The highest BCUT2D eigenvalue weighted by Crippen LogP contribution is 2.16. The SMILES string of the molecule is Cc1cccc(CNCCOC(=O)c2nnc(Br)s2)n1. The molecule has 0 fully saturated rings. The Bertz CT molecular complexity index is 590. The van der Waals surface area contributed by atoms with Crippen LogP contribution >= 0.6 is 27.3 Å².